The van der Waals surface area contributed by atoms with Crippen LogP contribution in [0.15, 0.2) is 10.6 Å². The monoisotopic (exact) mass is 263 g/mol. The number of aryl methyl sites for hydroxylation is 3. The Kier molecular flexibility index (Phi) is 3.55. The van der Waals surface area contributed by atoms with Crippen molar-refractivity contribution in [1.29, 1.82) is 0 Å². The Balaban J connectivity index is 2.05. The van der Waals surface area contributed by atoms with Gasteiger partial charge in [0.05, 0.1) is 24.1 Å². The summed E-state index contributed by atoms with van der Waals surface area (Å²) in [5, 5.41) is 6.81. The molecular formula is C12H17N5O2. The van der Waals surface area contributed by atoms with Crippen molar-refractivity contribution in [2.45, 2.75) is 26.8 Å². The van der Waals surface area contributed by atoms with Gasteiger partial charge in [-0.2, -0.15) is 5.10 Å². The first-order valence-corrected chi connectivity index (χ1v) is 6.03. The number of nitrogens with zero attached hydrogens (tertiary/aromatic N) is 3. The van der Waals surface area contributed by atoms with Crippen LogP contribution in [0.3, 0.4) is 0 Å². The second-order valence-electron chi connectivity index (χ2n) is 4.23. The molecule has 2 aromatic heterocycles. The molecule has 0 spiro atoms. The third kappa shape index (κ3) is 2.59. The van der Waals surface area contributed by atoms with Crippen molar-refractivity contribution in [3.8, 4) is 0 Å². The zero-order valence-corrected chi connectivity index (χ0v) is 11.2. The van der Waals surface area contributed by atoms with Gasteiger partial charge in [0.2, 0.25) is 5.89 Å². The Labute approximate surface area is 110 Å². The van der Waals surface area contributed by atoms with Crippen LogP contribution < -0.4 is 11.1 Å². The van der Waals surface area contributed by atoms with E-state index in [-0.39, 0.29) is 12.5 Å². The zero-order valence-electron chi connectivity index (χ0n) is 11.2. The van der Waals surface area contributed by atoms with Crippen LogP contribution in [0, 0.1) is 6.92 Å². The van der Waals surface area contributed by atoms with Crippen LogP contribution in [0.4, 0.5) is 5.69 Å². The Bertz CT molecular complexity index is 599. The minimum absolute atomic E-state index is 0.225. The van der Waals surface area contributed by atoms with Gasteiger partial charge >= 0.3 is 0 Å². The molecule has 0 radical (unpaired) electrons. The highest BCUT2D eigenvalue weighted by Crippen LogP contribution is 2.15. The molecule has 0 fully saturated rings. The number of rotatable bonds is 4. The number of anilines is 1. The Morgan fingerprint density at radius 3 is 2.84 bits per heavy atom. The average Bonchev–Trinajstić information content (AvgIpc) is 2.93. The summed E-state index contributed by atoms with van der Waals surface area (Å²) >= 11 is 0. The fraction of sp³-hybridized carbons (Fsp3) is 0.417. The highest BCUT2D eigenvalue weighted by molar-refractivity contribution is 5.97. The fourth-order valence-electron chi connectivity index (χ4n) is 1.78. The van der Waals surface area contributed by atoms with Crippen LogP contribution >= 0.6 is 0 Å². The molecule has 0 bridgehead atoms. The molecule has 0 aliphatic heterocycles. The minimum atomic E-state index is -0.295. The van der Waals surface area contributed by atoms with Crippen molar-refractivity contribution >= 4 is 11.6 Å². The number of oxazole rings is 1. The number of amides is 1. The number of nitrogens with two attached hydrogens (primary N) is 1. The minimum Gasteiger partial charge on any atom is -0.444 e. The number of carbonyl (C=O) groups excluding carboxylic acids is 1. The lowest BCUT2D eigenvalue weighted by molar-refractivity contribution is 0.0938. The molecule has 102 valence electrons. The van der Waals surface area contributed by atoms with E-state index in [1.165, 1.54) is 4.68 Å². The van der Waals surface area contributed by atoms with Gasteiger partial charge in [-0.25, -0.2) is 4.98 Å². The third-order valence-corrected chi connectivity index (χ3v) is 2.83. The molecular weight excluding hydrogens is 246 g/mol. The zero-order chi connectivity index (χ0) is 14.0. The molecule has 0 unspecified atom stereocenters. The van der Waals surface area contributed by atoms with Crippen LogP contribution in [-0.2, 0) is 20.0 Å². The highest BCUT2D eigenvalue weighted by atomic mass is 16.4. The second kappa shape index (κ2) is 5.13. The van der Waals surface area contributed by atoms with Crippen molar-refractivity contribution in [3.05, 3.63) is 29.2 Å². The number of hydrogen-bond acceptors (Lipinski definition) is 5. The topological polar surface area (TPSA) is 99.0 Å². The number of aromatic nitrogens is 3. The molecule has 3 N–H and O–H groups in total. The van der Waals surface area contributed by atoms with Crippen LogP contribution in [-0.4, -0.2) is 20.7 Å². The standard InChI is InChI=1S/C12H17N5O2/c1-4-8-5-14-9(19-8)6-15-12(18)11-10(13)7(2)16-17(11)3/h5H,4,6,13H2,1-3H3,(H,15,18). The quantitative estimate of drug-likeness (QED) is 0.849. The molecule has 2 aromatic rings. The number of nitrogens with one attached hydrogen (secondary N) is 1. The van der Waals surface area contributed by atoms with Crippen LogP contribution in [0.1, 0.15) is 34.8 Å². The maximum Gasteiger partial charge on any atom is 0.272 e. The van der Waals surface area contributed by atoms with E-state index in [4.69, 9.17) is 10.2 Å². The van der Waals surface area contributed by atoms with E-state index in [1.807, 2.05) is 6.92 Å². The Morgan fingerprint density at radius 1 is 1.58 bits per heavy atom. The maximum atomic E-state index is 12.0. The van der Waals surface area contributed by atoms with E-state index in [2.05, 4.69) is 15.4 Å². The molecule has 0 aliphatic carbocycles. The van der Waals surface area contributed by atoms with E-state index in [9.17, 15) is 4.79 Å². The first-order chi connectivity index (χ1) is 9.02. The van der Waals surface area contributed by atoms with E-state index in [1.54, 1.807) is 20.2 Å². The summed E-state index contributed by atoms with van der Waals surface area (Å²) in [6.45, 7) is 3.96. The molecule has 0 saturated heterocycles. The predicted octanol–water partition coefficient (Wildman–Crippen LogP) is 0.791. The lowest BCUT2D eigenvalue weighted by Crippen LogP contribution is -2.26. The van der Waals surface area contributed by atoms with Gasteiger partial charge in [-0.05, 0) is 6.92 Å². The first kappa shape index (κ1) is 13.1. The summed E-state index contributed by atoms with van der Waals surface area (Å²) < 4.78 is 6.87. The molecule has 0 saturated carbocycles. The number of carbonyl (C=O) groups is 1. The summed E-state index contributed by atoms with van der Waals surface area (Å²) in [6.07, 6.45) is 2.43. The van der Waals surface area contributed by atoms with Gasteiger partial charge in [-0.3, -0.25) is 9.48 Å². The molecule has 2 heterocycles. The normalized spacial score (nSPS) is 10.7. The highest BCUT2D eigenvalue weighted by Gasteiger charge is 2.18. The van der Waals surface area contributed by atoms with Crippen molar-refractivity contribution in [3.63, 3.8) is 0 Å². The van der Waals surface area contributed by atoms with Crippen LogP contribution in [0.25, 0.3) is 0 Å². The van der Waals surface area contributed by atoms with E-state index < -0.39 is 0 Å². The van der Waals surface area contributed by atoms with E-state index in [0.29, 0.717) is 23.0 Å². The Hall–Kier alpha value is -2.31. The van der Waals surface area contributed by atoms with Gasteiger partial charge in [0.25, 0.3) is 5.91 Å². The van der Waals surface area contributed by atoms with Gasteiger partial charge in [-0.15, -0.1) is 0 Å². The summed E-state index contributed by atoms with van der Waals surface area (Å²) in [5.74, 6) is 0.972. The fourth-order valence-corrected chi connectivity index (χ4v) is 1.78. The second-order valence-corrected chi connectivity index (χ2v) is 4.23. The first-order valence-electron chi connectivity index (χ1n) is 6.03. The molecule has 19 heavy (non-hydrogen) atoms. The molecule has 0 atom stereocenters. The van der Waals surface area contributed by atoms with Gasteiger partial charge in [0.15, 0.2) is 0 Å². The van der Waals surface area contributed by atoms with Gasteiger partial charge in [0, 0.05) is 13.5 Å². The molecule has 7 nitrogen and oxygen atoms in total. The summed E-state index contributed by atoms with van der Waals surface area (Å²) in [4.78, 5) is 16.1. The average molecular weight is 263 g/mol. The number of nitrogen functional groups attached to an aromatic ring is 1. The molecule has 1 amide bonds. The molecule has 2 rings (SSSR count). The lowest BCUT2D eigenvalue weighted by atomic mass is 10.3. The van der Waals surface area contributed by atoms with Crippen molar-refractivity contribution in [1.82, 2.24) is 20.1 Å². The van der Waals surface area contributed by atoms with Gasteiger partial charge < -0.3 is 15.5 Å². The molecule has 7 heteroatoms. The molecule has 0 aromatic carbocycles. The van der Waals surface area contributed by atoms with Crippen molar-refractivity contribution in [2.24, 2.45) is 7.05 Å². The lowest BCUT2D eigenvalue weighted by Gasteiger charge is -2.04. The summed E-state index contributed by atoms with van der Waals surface area (Å²) in [7, 11) is 1.68. The van der Waals surface area contributed by atoms with E-state index >= 15 is 0 Å². The van der Waals surface area contributed by atoms with Gasteiger partial charge in [0.1, 0.15) is 11.5 Å². The SMILES string of the molecule is CCc1cnc(CNC(=O)c2c(N)c(C)nn2C)o1. The Morgan fingerprint density at radius 2 is 2.32 bits per heavy atom. The van der Waals surface area contributed by atoms with Crippen LogP contribution in [0.5, 0.6) is 0 Å². The summed E-state index contributed by atoms with van der Waals surface area (Å²) in [5.41, 5.74) is 7.19. The van der Waals surface area contributed by atoms with Gasteiger partial charge in [-0.1, -0.05) is 6.92 Å². The van der Waals surface area contributed by atoms with E-state index in [0.717, 1.165) is 12.2 Å². The smallest absolute Gasteiger partial charge is 0.272 e. The third-order valence-electron chi connectivity index (χ3n) is 2.83. The van der Waals surface area contributed by atoms with Crippen molar-refractivity contribution < 1.29 is 9.21 Å². The maximum absolute atomic E-state index is 12.0. The summed E-state index contributed by atoms with van der Waals surface area (Å²) in [6, 6.07) is 0. The largest absolute Gasteiger partial charge is 0.444 e. The number of hydrogen-bond donors (Lipinski definition) is 2. The van der Waals surface area contributed by atoms with Crippen LogP contribution in [0.2, 0.25) is 0 Å². The van der Waals surface area contributed by atoms with Crippen molar-refractivity contribution in [2.75, 3.05) is 5.73 Å². The molecule has 0 aliphatic rings. The predicted molar refractivity (Wildman–Crippen MR) is 69.4 cm³/mol.